The molecule has 7 nitrogen and oxygen atoms in total. The highest BCUT2D eigenvalue weighted by atomic mass is 35.5. The SMILES string of the molecule is CCOc1ccccc1/C=C(/NC(=O)c1ccccc1)C(=O)Nc1cccc(SC(C)C(=O)Nc2cc(Cl)ccc2C)c1. The van der Waals surface area contributed by atoms with Crippen LogP contribution in [0.3, 0.4) is 0 Å². The molecule has 9 heteroatoms. The predicted molar refractivity (Wildman–Crippen MR) is 175 cm³/mol. The van der Waals surface area contributed by atoms with Crippen LogP contribution in [0.15, 0.2) is 108 Å². The number of amides is 3. The van der Waals surface area contributed by atoms with Crippen LogP contribution in [0.25, 0.3) is 6.08 Å². The molecule has 0 aliphatic heterocycles. The van der Waals surface area contributed by atoms with E-state index in [0.717, 1.165) is 10.5 Å². The molecule has 4 aromatic rings. The molecule has 1 atom stereocenters. The van der Waals surface area contributed by atoms with Crippen molar-refractivity contribution in [3.05, 3.63) is 124 Å². The zero-order valence-corrected chi connectivity index (χ0v) is 25.6. The highest BCUT2D eigenvalue weighted by molar-refractivity contribution is 8.00. The fourth-order valence-electron chi connectivity index (χ4n) is 4.05. The van der Waals surface area contributed by atoms with E-state index >= 15 is 0 Å². The number of para-hydroxylation sites is 1. The third kappa shape index (κ3) is 8.98. The molecule has 0 radical (unpaired) electrons. The second-order valence-electron chi connectivity index (χ2n) is 9.54. The van der Waals surface area contributed by atoms with Gasteiger partial charge in [-0.2, -0.15) is 0 Å². The molecular weight excluding hydrogens is 582 g/mol. The van der Waals surface area contributed by atoms with Gasteiger partial charge in [0.15, 0.2) is 0 Å². The van der Waals surface area contributed by atoms with E-state index in [1.54, 1.807) is 73.7 Å². The zero-order chi connectivity index (χ0) is 30.8. The third-order valence-electron chi connectivity index (χ3n) is 6.28. The summed E-state index contributed by atoms with van der Waals surface area (Å²) in [5, 5.41) is 8.67. The number of ether oxygens (including phenoxy) is 1. The molecular formula is C34H32ClN3O4S. The lowest BCUT2D eigenvalue weighted by Gasteiger charge is -2.15. The monoisotopic (exact) mass is 613 g/mol. The van der Waals surface area contributed by atoms with Crippen LogP contribution >= 0.6 is 23.4 Å². The average Bonchev–Trinajstić information content (AvgIpc) is 3.00. The molecule has 0 spiro atoms. The fourth-order valence-corrected chi connectivity index (χ4v) is 5.15. The van der Waals surface area contributed by atoms with Gasteiger partial charge in [-0.1, -0.05) is 60.1 Å². The fraction of sp³-hybridized carbons (Fsp3) is 0.147. The second-order valence-corrected chi connectivity index (χ2v) is 11.4. The minimum absolute atomic E-state index is 0.0451. The molecule has 220 valence electrons. The van der Waals surface area contributed by atoms with Crippen LogP contribution in [0, 0.1) is 6.92 Å². The normalized spacial score (nSPS) is 11.8. The summed E-state index contributed by atoms with van der Waals surface area (Å²) >= 11 is 7.44. The lowest BCUT2D eigenvalue weighted by atomic mass is 10.1. The number of thioether (sulfide) groups is 1. The summed E-state index contributed by atoms with van der Waals surface area (Å²) in [6.45, 7) is 6.03. The van der Waals surface area contributed by atoms with E-state index in [2.05, 4.69) is 16.0 Å². The molecule has 43 heavy (non-hydrogen) atoms. The molecule has 0 aliphatic rings. The summed E-state index contributed by atoms with van der Waals surface area (Å²) in [5.74, 6) is -0.524. The second kappa shape index (κ2) is 15.1. The van der Waals surface area contributed by atoms with E-state index in [0.29, 0.717) is 39.9 Å². The smallest absolute Gasteiger partial charge is 0.272 e. The zero-order valence-electron chi connectivity index (χ0n) is 24.0. The van der Waals surface area contributed by atoms with E-state index in [1.807, 2.05) is 50.2 Å². The first-order chi connectivity index (χ1) is 20.7. The number of carbonyl (C=O) groups excluding carboxylic acids is 3. The minimum atomic E-state index is -0.514. The quantitative estimate of drug-likeness (QED) is 0.120. The van der Waals surface area contributed by atoms with Crippen molar-refractivity contribution in [1.29, 1.82) is 0 Å². The van der Waals surface area contributed by atoms with E-state index < -0.39 is 17.1 Å². The topological polar surface area (TPSA) is 96.5 Å². The summed E-state index contributed by atoms with van der Waals surface area (Å²) in [5.41, 5.74) is 3.18. The lowest BCUT2D eigenvalue weighted by molar-refractivity contribution is -0.115. The van der Waals surface area contributed by atoms with Crippen molar-refractivity contribution in [1.82, 2.24) is 5.32 Å². The largest absolute Gasteiger partial charge is 0.493 e. The van der Waals surface area contributed by atoms with Gasteiger partial charge in [-0.3, -0.25) is 14.4 Å². The minimum Gasteiger partial charge on any atom is -0.493 e. The maximum absolute atomic E-state index is 13.5. The van der Waals surface area contributed by atoms with Gasteiger partial charge in [0, 0.05) is 32.4 Å². The van der Waals surface area contributed by atoms with Crippen molar-refractivity contribution < 1.29 is 19.1 Å². The van der Waals surface area contributed by atoms with Crippen LogP contribution in [-0.2, 0) is 9.59 Å². The Bertz CT molecular complexity index is 1640. The first-order valence-corrected chi connectivity index (χ1v) is 14.9. The van der Waals surface area contributed by atoms with Gasteiger partial charge < -0.3 is 20.7 Å². The highest BCUT2D eigenvalue weighted by Gasteiger charge is 2.18. The Hall–Kier alpha value is -4.53. The number of benzene rings is 4. The van der Waals surface area contributed by atoms with Gasteiger partial charge in [-0.15, -0.1) is 11.8 Å². The van der Waals surface area contributed by atoms with E-state index in [-0.39, 0.29) is 11.6 Å². The molecule has 4 rings (SSSR count). The van der Waals surface area contributed by atoms with Crippen molar-refractivity contribution in [2.45, 2.75) is 30.9 Å². The molecule has 0 saturated carbocycles. The van der Waals surface area contributed by atoms with Gasteiger partial charge in [0.1, 0.15) is 11.4 Å². The molecule has 0 bridgehead atoms. The van der Waals surface area contributed by atoms with E-state index in [4.69, 9.17) is 16.3 Å². The van der Waals surface area contributed by atoms with E-state index in [9.17, 15) is 14.4 Å². The van der Waals surface area contributed by atoms with Gasteiger partial charge in [0.05, 0.1) is 11.9 Å². The Balaban J connectivity index is 1.52. The first kappa shape index (κ1) is 31.4. The number of nitrogens with one attached hydrogen (secondary N) is 3. The molecule has 0 fully saturated rings. The van der Waals surface area contributed by atoms with Crippen LogP contribution in [-0.4, -0.2) is 29.6 Å². The number of hydrogen-bond donors (Lipinski definition) is 3. The van der Waals surface area contributed by atoms with Crippen LogP contribution in [0.1, 0.15) is 35.3 Å². The van der Waals surface area contributed by atoms with Gasteiger partial charge in [0.2, 0.25) is 5.91 Å². The van der Waals surface area contributed by atoms with Crippen LogP contribution in [0.2, 0.25) is 5.02 Å². The number of anilines is 2. The number of carbonyl (C=O) groups is 3. The molecule has 3 amide bonds. The summed E-state index contributed by atoms with van der Waals surface area (Å²) in [6.07, 6.45) is 1.59. The van der Waals surface area contributed by atoms with Crippen molar-refractivity contribution >= 4 is 58.5 Å². The molecule has 0 aliphatic carbocycles. The number of halogens is 1. The molecule has 1 unspecified atom stereocenters. The van der Waals surface area contributed by atoms with Gasteiger partial charge in [0.25, 0.3) is 11.8 Å². The Labute approximate surface area is 260 Å². The third-order valence-corrected chi connectivity index (χ3v) is 7.61. The van der Waals surface area contributed by atoms with Crippen LogP contribution in [0.5, 0.6) is 5.75 Å². The molecule has 3 N–H and O–H groups in total. The van der Waals surface area contributed by atoms with Gasteiger partial charge >= 0.3 is 0 Å². The van der Waals surface area contributed by atoms with Crippen molar-refractivity contribution in [3.8, 4) is 5.75 Å². The first-order valence-electron chi connectivity index (χ1n) is 13.7. The standard InChI is InChI=1S/C34H32ClN3O4S/c1-4-42-31-16-9-8-13-25(31)19-30(38-33(40)24-11-6-5-7-12-24)34(41)36-27-14-10-15-28(21-27)43-23(3)32(39)37-29-20-26(35)18-17-22(29)2/h5-21,23H,4H2,1-3H3,(H,36,41)(H,37,39)(H,38,40)/b30-19+. The lowest BCUT2D eigenvalue weighted by Crippen LogP contribution is -2.30. The average molecular weight is 614 g/mol. The van der Waals surface area contributed by atoms with Gasteiger partial charge in [-0.25, -0.2) is 0 Å². The maximum Gasteiger partial charge on any atom is 0.272 e. The number of rotatable bonds is 11. The predicted octanol–water partition coefficient (Wildman–Crippen LogP) is 7.58. The molecule has 4 aromatic carbocycles. The van der Waals surface area contributed by atoms with Crippen LogP contribution in [0.4, 0.5) is 11.4 Å². The summed E-state index contributed by atoms with van der Waals surface area (Å²) in [7, 11) is 0. The Kier molecular flexibility index (Phi) is 11.0. The Morgan fingerprint density at radius 1 is 0.907 bits per heavy atom. The molecule has 0 heterocycles. The summed E-state index contributed by atoms with van der Waals surface area (Å²) in [4.78, 5) is 40.2. The molecule has 0 aromatic heterocycles. The highest BCUT2D eigenvalue weighted by Crippen LogP contribution is 2.28. The number of aryl methyl sites for hydroxylation is 1. The summed E-state index contributed by atoms with van der Waals surface area (Å²) < 4.78 is 5.72. The summed E-state index contributed by atoms with van der Waals surface area (Å²) in [6, 6.07) is 28.5. The van der Waals surface area contributed by atoms with E-state index in [1.165, 1.54) is 11.8 Å². The van der Waals surface area contributed by atoms with Crippen molar-refractivity contribution in [2.24, 2.45) is 0 Å². The Morgan fingerprint density at radius 2 is 1.65 bits per heavy atom. The van der Waals surface area contributed by atoms with Crippen molar-refractivity contribution in [2.75, 3.05) is 17.2 Å². The number of hydrogen-bond acceptors (Lipinski definition) is 5. The van der Waals surface area contributed by atoms with Crippen LogP contribution < -0.4 is 20.7 Å². The maximum atomic E-state index is 13.5. The molecule has 0 saturated heterocycles. The van der Waals surface area contributed by atoms with Gasteiger partial charge in [-0.05, 0) is 80.9 Å². The van der Waals surface area contributed by atoms with Crippen molar-refractivity contribution in [3.63, 3.8) is 0 Å². The Morgan fingerprint density at radius 3 is 2.42 bits per heavy atom.